The highest BCUT2D eigenvalue weighted by atomic mass is 79.9. The van der Waals surface area contributed by atoms with Crippen LogP contribution in [0.3, 0.4) is 0 Å². The van der Waals surface area contributed by atoms with Crippen LogP contribution in [0.15, 0.2) is 60.7 Å². The maximum Gasteiger partial charge on any atom is 0.261 e. The van der Waals surface area contributed by atoms with E-state index in [0.717, 1.165) is 6.29 Å². The minimum absolute atomic E-state index is 0.0291. The van der Waals surface area contributed by atoms with Gasteiger partial charge in [-0.05, 0) is 21.8 Å². The summed E-state index contributed by atoms with van der Waals surface area (Å²) < 4.78 is 6.69. The van der Waals surface area contributed by atoms with Crippen molar-refractivity contribution in [2.75, 3.05) is 6.61 Å². The maximum absolute atomic E-state index is 10.9. The number of carbonyl (C=O) groups excluding carboxylic acids is 1. The molecule has 0 aliphatic rings. The van der Waals surface area contributed by atoms with Gasteiger partial charge in [-0.25, -0.2) is 0 Å². The highest BCUT2D eigenvalue weighted by Crippen LogP contribution is 2.36. The Morgan fingerprint density at radius 1 is 1.00 bits per heavy atom. The molecular weight excluding hydrogens is 380 g/mol. The highest BCUT2D eigenvalue weighted by Gasteiger charge is 2.49. The minimum Gasteiger partial charge on any atom is -0.407 e. The summed E-state index contributed by atoms with van der Waals surface area (Å²) in [5.74, 6) is 0. The molecule has 0 aliphatic heterocycles. The Morgan fingerprint density at radius 2 is 1.46 bits per heavy atom. The number of rotatable bonds is 7. The zero-order valence-electron chi connectivity index (χ0n) is 14.5. The van der Waals surface area contributed by atoms with Crippen molar-refractivity contribution < 1.29 is 9.22 Å². The molecule has 0 saturated heterocycles. The molecule has 0 spiro atoms. The summed E-state index contributed by atoms with van der Waals surface area (Å²) in [6.45, 7) is 7.32. The molecule has 0 aliphatic carbocycles. The zero-order chi connectivity index (χ0) is 17.6. The Hall–Kier alpha value is -1.23. The first kappa shape index (κ1) is 19.1. The smallest absolute Gasteiger partial charge is 0.261 e. The van der Waals surface area contributed by atoms with Crippen LogP contribution in [0.5, 0.6) is 0 Å². The van der Waals surface area contributed by atoms with Gasteiger partial charge in [-0.2, -0.15) is 0 Å². The van der Waals surface area contributed by atoms with Crippen molar-refractivity contribution >= 4 is 40.9 Å². The van der Waals surface area contributed by atoms with Crippen LogP contribution in [0, 0.1) is 0 Å². The van der Waals surface area contributed by atoms with Crippen molar-refractivity contribution in [2.24, 2.45) is 0 Å². The van der Waals surface area contributed by atoms with Gasteiger partial charge in [-0.15, -0.1) is 0 Å². The van der Waals surface area contributed by atoms with Crippen LogP contribution >= 0.6 is 15.9 Å². The molecule has 0 saturated carbocycles. The second kappa shape index (κ2) is 8.23. The highest BCUT2D eigenvalue weighted by molar-refractivity contribution is 9.09. The fourth-order valence-corrected chi connectivity index (χ4v) is 7.92. The van der Waals surface area contributed by atoms with E-state index in [0.29, 0.717) is 13.0 Å². The average Bonchev–Trinajstić information content (AvgIpc) is 2.59. The predicted molar refractivity (Wildman–Crippen MR) is 107 cm³/mol. The molecule has 0 bridgehead atoms. The molecule has 0 fully saturated rings. The monoisotopic (exact) mass is 404 g/mol. The number of carbonyl (C=O) groups is 1. The normalized spacial score (nSPS) is 13.5. The summed E-state index contributed by atoms with van der Waals surface area (Å²) >= 11 is 3.37. The van der Waals surface area contributed by atoms with Crippen LogP contribution in [0.25, 0.3) is 0 Å². The minimum atomic E-state index is -2.47. The second-order valence-corrected chi connectivity index (χ2v) is 12.4. The Kier molecular flexibility index (Phi) is 6.55. The summed E-state index contributed by atoms with van der Waals surface area (Å²) in [4.78, 5) is 10.7. The molecule has 2 aromatic carbocycles. The Labute approximate surface area is 154 Å². The van der Waals surface area contributed by atoms with Crippen LogP contribution in [0.2, 0.25) is 5.04 Å². The molecule has 0 N–H and O–H groups in total. The molecule has 1 unspecified atom stereocenters. The number of alkyl halides is 1. The summed E-state index contributed by atoms with van der Waals surface area (Å²) in [6.07, 6.45) is 1.60. The molecule has 128 valence electrons. The van der Waals surface area contributed by atoms with Crippen molar-refractivity contribution in [2.45, 2.75) is 37.1 Å². The molecule has 0 aromatic heterocycles. The summed E-state index contributed by atoms with van der Waals surface area (Å²) in [5, 5.41) is 2.50. The quantitative estimate of drug-likeness (QED) is 0.397. The van der Waals surface area contributed by atoms with Gasteiger partial charge in [0.15, 0.2) is 0 Å². The van der Waals surface area contributed by atoms with Gasteiger partial charge in [-0.3, -0.25) is 0 Å². The molecule has 1 atom stereocenters. The van der Waals surface area contributed by atoms with Crippen LogP contribution < -0.4 is 10.4 Å². The van der Waals surface area contributed by atoms with Crippen LogP contribution in [0.1, 0.15) is 27.2 Å². The van der Waals surface area contributed by atoms with E-state index in [1.807, 2.05) is 12.1 Å². The van der Waals surface area contributed by atoms with Gasteiger partial charge in [-0.1, -0.05) is 97.4 Å². The van der Waals surface area contributed by atoms with Gasteiger partial charge >= 0.3 is 0 Å². The number of hydrogen-bond donors (Lipinski definition) is 0. The summed E-state index contributed by atoms with van der Waals surface area (Å²) in [6, 6.07) is 21.1. The lowest BCUT2D eigenvalue weighted by atomic mass is 10.2. The molecule has 0 amide bonds. The third-order valence-corrected chi connectivity index (χ3v) is 9.99. The second-order valence-electron chi connectivity index (χ2n) is 6.95. The molecule has 0 radical (unpaired) electrons. The van der Waals surface area contributed by atoms with Crippen molar-refractivity contribution in [1.29, 1.82) is 0 Å². The number of halogens is 1. The van der Waals surface area contributed by atoms with Gasteiger partial charge in [0.2, 0.25) is 0 Å². The fraction of sp³-hybridized carbons (Fsp3) is 0.350. The van der Waals surface area contributed by atoms with Crippen molar-refractivity contribution in [3.63, 3.8) is 0 Å². The van der Waals surface area contributed by atoms with Gasteiger partial charge in [0.1, 0.15) is 6.29 Å². The van der Waals surface area contributed by atoms with E-state index in [1.165, 1.54) is 10.4 Å². The van der Waals surface area contributed by atoms with E-state index >= 15 is 0 Å². The third kappa shape index (κ3) is 4.05. The molecule has 4 heteroatoms. The largest absolute Gasteiger partial charge is 0.407 e. The lowest BCUT2D eigenvalue weighted by Gasteiger charge is -2.43. The lowest BCUT2D eigenvalue weighted by Crippen LogP contribution is -2.66. The standard InChI is InChI=1S/C20H25BrO2Si/c1-20(2,3)24(18-10-6-4-7-11-18,19-12-8-5-9-13-19)23-15-14-17(21)16-22/h4-13,16-17H,14-15H2,1-3H3. The molecule has 24 heavy (non-hydrogen) atoms. The first-order chi connectivity index (χ1) is 11.4. The van der Waals surface area contributed by atoms with Crippen LogP contribution in [-0.2, 0) is 9.22 Å². The van der Waals surface area contributed by atoms with Gasteiger partial charge in [0.25, 0.3) is 8.32 Å². The van der Waals surface area contributed by atoms with E-state index in [4.69, 9.17) is 4.43 Å². The SMILES string of the molecule is CC(C)(C)[Si](OCCC(Br)C=O)(c1ccccc1)c1ccccc1. The molecule has 0 heterocycles. The summed E-state index contributed by atoms with van der Waals surface area (Å²) in [7, 11) is -2.47. The Morgan fingerprint density at radius 3 is 1.83 bits per heavy atom. The van der Waals surface area contributed by atoms with Crippen LogP contribution in [-0.4, -0.2) is 26.0 Å². The lowest BCUT2D eigenvalue weighted by molar-refractivity contribution is -0.107. The topological polar surface area (TPSA) is 26.3 Å². The first-order valence-electron chi connectivity index (χ1n) is 8.26. The zero-order valence-corrected chi connectivity index (χ0v) is 17.1. The molecule has 2 aromatic rings. The number of benzene rings is 2. The molecule has 2 nitrogen and oxygen atoms in total. The third-order valence-electron chi connectivity index (χ3n) is 4.28. The fourth-order valence-electron chi connectivity index (χ4n) is 3.15. The first-order valence-corrected chi connectivity index (χ1v) is 11.1. The molecular formula is C20H25BrO2Si. The van der Waals surface area contributed by atoms with E-state index in [9.17, 15) is 4.79 Å². The van der Waals surface area contributed by atoms with Crippen molar-refractivity contribution in [3.05, 3.63) is 60.7 Å². The summed E-state index contributed by atoms with van der Waals surface area (Å²) in [5.41, 5.74) is 0. The molecule has 2 rings (SSSR count). The van der Waals surface area contributed by atoms with E-state index in [1.54, 1.807) is 0 Å². The number of hydrogen-bond acceptors (Lipinski definition) is 2. The van der Waals surface area contributed by atoms with Gasteiger partial charge in [0, 0.05) is 6.61 Å². The Balaban J connectivity index is 2.51. The average molecular weight is 405 g/mol. The van der Waals surface area contributed by atoms with Gasteiger partial charge in [0.05, 0.1) is 4.83 Å². The van der Waals surface area contributed by atoms with E-state index in [2.05, 4.69) is 85.2 Å². The van der Waals surface area contributed by atoms with E-state index < -0.39 is 8.32 Å². The number of aldehydes is 1. The maximum atomic E-state index is 10.9. The predicted octanol–water partition coefficient (Wildman–Crippen LogP) is 3.92. The Bertz CT molecular complexity index is 598. The van der Waals surface area contributed by atoms with Crippen molar-refractivity contribution in [1.82, 2.24) is 0 Å². The van der Waals surface area contributed by atoms with E-state index in [-0.39, 0.29) is 9.87 Å². The van der Waals surface area contributed by atoms with Gasteiger partial charge < -0.3 is 9.22 Å². The van der Waals surface area contributed by atoms with Crippen molar-refractivity contribution in [3.8, 4) is 0 Å². The van der Waals surface area contributed by atoms with Crippen LogP contribution in [0.4, 0.5) is 0 Å².